The molecule has 144 valence electrons. The second-order valence-electron chi connectivity index (χ2n) is 8.23. The summed E-state index contributed by atoms with van der Waals surface area (Å²) < 4.78 is 46.0. The van der Waals surface area contributed by atoms with Gasteiger partial charge in [-0.2, -0.15) is 13.2 Å². The Labute approximate surface area is 151 Å². The van der Waals surface area contributed by atoms with Crippen LogP contribution in [0.4, 0.5) is 18.0 Å². The lowest BCUT2D eigenvalue weighted by Crippen LogP contribution is -2.53. The third-order valence-corrected chi connectivity index (χ3v) is 4.61. The smallest absolute Gasteiger partial charge is 0.417 e. The zero-order chi connectivity index (χ0) is 19.9. The molecule has 1 aromatic carbocycles. The third kappa shape index (κ3) is 4.02. The molecule has 2 amide bonds. The van der Waals surface area contributed by atoms with E-state index < -0.39 is 41.2 Å². The van der Waals surface area contributed by atoms with E-state index in [4.69, 9.17) is 4.74 Å². The number of nitrogens with zero attached hydrogens (tertiary/aromatic N) is 1. The van der Waals surface area contributed by atoms with E-state index in [2.05, 4.69) is 0 Å². The number of ether oxygens (including phenoxy) is 1. The number of rotatable bonds is 3. The molecule has 1 aliphatic rings. The van der Waals surface area contributed by atoms with Crippen LogP contribution in [-0.4, -0.2) is 34.7 Å². The monoisotopic (exact) mass is 371 g/mol. The second kappa shape index (κ2) is 6.59. The number of alkyl halides is 3. The number of benzene rings is 1. The average Bonchev–Trinajstić information content (AvgIpc) is 2.65. The molecule has 1 fully saturated rings. The van der Waals surface area contributed by atoms with Gasteiger partial charge in [0, 0.05) is 0 Å². The Morgan fingerprint density at radius 2 is 1.73 bits per heavy atom. The van der Waals surface area contributed by atoms with Crippen LogP contribution in [-0.2, 0) is 16.0 Å². The first kappa shape index (κ1) is 20.3. The molecule has 2 rings (SSSR count). The minimum absolute atomic E-state index is 0.222. The van der Waals surface area contributed by atoms with Crippen molar-refractivity contribution >= 4 is 12.0 Å². The van der Waals surface area contributed by atoms with E-state index in [0.717, 1.165) is 5.56 Å². The van der Waals surface area contributed by atoms with Crippen molar-refractivity contribution in [1.82, 2.24) is 4.90 Å². The highest BCUT2D eigenvalue weighted by atomic mass is 19.4. The normalized spacial score (nSPS) is 21.5. The summed E-state index contributed by atoms with van der Waals surface area (Å²) in [5.41, 5.74) is -1.67. The van der Waals surface area contributed by atoms with Gasteiger partial charge in [-0.3, -0.25) is 4.79 Å². The van der Waals surface area contributed by atoms with Gasteiger partial charge in [-0.25, -0.2) is 9.69 Å². The van der Waals surface area contributed by atoms with Crippen LogP contribution < -0.4 is 0 Å². The molecular formula is C19H24F3NO3. The molecule has 1 heterocycles. The largest absolute Gasteiger partial charge is 0.441 e. The number of imide groups is 1. The molecule has 0 unspecified atom stereocenters. The molecule has 0 aliphatic carbocycles. The van der Waals surface area contributed by atoms with E-state index in [9.17, 15) is 22.8 Å². The highest BCUT2D eigenvalue weighted by molar-refractivity contribution is 5.96. The average molecular weight is 371 g/mol. The first-order chi connectivity index (χ1) is 11.7. The van der Waals surface area contributed by atoms with Gasteiger partial charge in [-0.1, -0.05) is 51.1 Å². The van der Waals surface area contributed by atoms with E-state index in [1.54, 1.807) is 38.1 Å². The Morgan fingerprint density at radius 3 is 2.19 bits per heavy atom. The highest BCUT2D eigenvalue weighted by Crippen LogP contribution is 2.43. The Hall–Kier alpha value is -2.05. The summed E-state index contributed by atoms with van der Waals surface area (Å²) in [5, 5.41) is 0. The van der Waals surface area contributed by atoms with Gasteiger partial charge in [-0.15, -0.1) is 0 Å². The van der Waals surface area contributed by atoms with Gasteiger partial charge in [0.1, 0.15) is 11.5 Å². The Morgan fingerprint density at radius 1 is 1.19 bits per heavy atom. The van der Waals surface area contributed by atoms with E-state index in [1.807, 2.05) is 6.07 Å². The minimum atomic E-state index is -4.76. The lowest BCUT2D eigenvalue weighted by molar-refractivity contribution is -0.207. The van der Waals surface area contributed by atoms with Gasteiger partial charge >= 0.3 is 12.3 Å². The second-order valence-corrected chi connectivity index (χ2v) is 8.23. The number of cyclic esters (lactones) is 1. The van der Waals surface area contributed by atoms with Crippen molar-refractivity contribution in [2.24, 2.45) is 11.3 Å². The molecule has 26 heavy (non-hydrogen) atoms. The standard InChI is InChI=1S/C19H24F3NO3/c1-17(2,3)14(19(20,21)22)15(24)23-13(18(4,5)26-16(23)25)11-12-9-7-6-8-10-12/h6-10,13-14H,11H2,1-5H3/t13-,14+/m0/s1. The molecule has 0 aromatic heterocycles. The molecule has 0 bridgehead atoms. The van der Waals surface area contributed by atoms with Crippen molar-refractivity contribution in [2.45, 2.75) is 58.9 Å². The maximum atomic E-state index is 13.6. The van der Waals surface area contributed by atoms with Crippen LogP contribution in [0.5, 0.6) is 0 Å². The predicted molar refractivity (Wildman–Crippen MR) is 90.3 cm³/mol. The summed E-state index contributed by atoms with van der Waals surface area (Å²) in [6.07, 6.45) is -5.57. The lowest BCUT2D eigenvalue weighted by atomic mass is 9.78. The predicted octanol–water partition coefficient (Wildman–Crippen LogP) is 4.58. The van der Waals surface area contributed by atoms with E-state index in [1.165, 1.54) is 20.8 Å². The van der Waals surface area contributed by atoms with Crippen molar-refractivity contribution in [1.29, 1.82) is 0 Å². The molecule has 0 spiro atoms. The Bertz CT molecular complexity index is 664. The van der Waals surface area contributed by atoms with E-state index in [-0.39, 0.29) is 6.42 Å². The summed E-state index contributed by atoms with van der Waals surface area (Å²) in [4.78, 5) is 25.8. The fraction of sp³-hybridized carbons (Fsp3) is 0.579. The van der Waals surface area contributed by atoms with Crippen molar-refractivity contribution < 1.29 is 27.5 Å². The molecular weight excluding hydrogens is 347 g/mol. The molecule has 0 radical (unpaired) electrons. The number of halogens is 3. The van der Waals surface area contributed by atoms with Gasteiger partial charge < -0.3 is 4.74 Å². The number of amides is 2. The van der Waals surface area contributed by atoms with Gasteiger partial charge in [0.25, 0.3) is 0 Å². The fourth-order valence-electron chi connectivity index (χ4n) is 3.34. The maximum absolute atomic E-state index is 13.6. The van der Waals surface area contributed by atoms with Crippen LogP contribution in [0.1, 0.15) is 40.2 Å². The summed E-state index contributed by atoms with van der Waals surface area (Å²) >= 11 is 0. The molecule has 1 aliphatic heterocycles. The van der Waals surface area contributed by atoms with Crippen molar-refractivity contribution in [3.05, 3.63) is 35.9 Å². The molecule has 0 N–H and O–H groups in total. The van der Waals surface area contributed by atoms with Gasteiger partial charge in [0.15, 0.2) is 0 Å². The number of carbonyl (C=O) groups excluding carboxylic acids is 2. The van der Waals surface area contributed by atoms with Crippen LogP contribution in [0.15, 0.2) is 30.3 Å². The maximum Gasteiger partial charge on any atom is 0.417 e. The summed E-state index contributed by atoms with van der Waals surface area (Å²) in [6.45, 7) is 7.21. The van der Waals surface area contributed by atoms with Gasteiger partial charge in [-0.05, 0) is 31.2 Å². The van der Waals surface area contributed by atoms with E-state index in [0.29, 0.717) is 4.90 Å². The topological polar surface area (TPSA) is 46.6 Å². The molecule has 2 atom stereocenters. The number of hydrogen-bond donors (Lipinski definition) is 0. The van der Waals surface area contributed by atoms with Gasteiger partial charge in [0.05, 0.1) is 6.04 Å². The summed E-state index contributed by atoms with van der Waals surface area (Å²) in [6, 6.07) is 8.17. The number of carbonyl (C=O) groups is 2. The first-order valence-corrected chi connectivity index (χ1v) is 8.42. The molecule has 1 saturated heterocycles. The van der Waals surface area contributed by atoms with Crippen LogP contribution in [0, 0.1) is 11.3 Å². The zero-order valence-corrected chi connectivity index (χ0v) is 15.6. The molecule has 4 nitrogen and oxygen atoms in total. The fourth-order valence-corrected chi connectivity index (χ4v) is 3.34. The summed E-state index contributed by atoms with van der Waals surface area (Å²) in [5.74, 6) is -3.56. The third-order valence-electron chi connectivity index (χ3n) is 4.61. The molecule has 7 heteroatoms. The number of hydrogen-bond acceptors (Lipinski definition) is 3. The SMILES string of the molecule is CC(C)(C)[C@@H](C(=O)N1C(=O)OC(C)(C)[C@@H]1Cc1ccccc1)C(F)(F)F. The molecule has 1 aromatic rings. The van der Waals surface area contributed by atoms with Crippen LogP contribution in [0.3, 0.4) is 0 Å². The van der Waals surface area contributed by atoms with Crippen LogP contribution >= 0.6 is 0 Å². The highest BCUT2D eigenvalue weighted by Gasteiger charge is 2.59. The lowest BCUT2D eigenvalue weighted by Gasteiger charge is -2.35. The van der Waals surface area contributed by atoms with Crippen LogP contribution in [0.2, 0.25) is 0 Å². The minimum Gasteiger partial charge on any atom is -0.441 e. The molecule has 0 saturated carbocycles. The zero-order valence-electron chi connectivity index (χ0n) is 15.6. The van der Waals surface area contributed by atoms with Crippen molar-refractivity contribution in [2.75, 3.05) is 0 Å². The Kier molecular flexibility index (Phi) is 5.14. The van der Waals surface area contributed by atoms with Crippen molar-refractivity contribution in [3.63, 3.8) is 0 Å². The van der Waals surface area contributed by atoms with Crippen molar-refractivity contribution in [3.8, 4) is 0 Å². The Balaban J connectivity index is 2.43. The first-order valence-electron chi connectivity index (χ1n) is 8.42. The van der Waals surface area contributed by atoms with E-state index >= 15 is 0 Å². The summed E-state index contributed by atoms with van der Waals surface area (Å²) in [7, 11) is 0. The quantitative estimate of drug-likeness (QED) is 0.781. The van der Waals surface area contributed by atoms with Gasteiger partial charge in [0.2, 0.25) is 5.91 Å². The van der Waals surface area contributed by atoms with Crippen LogP contribution in [0.25, 0.3) is 0 Å².